The molecule has 3 aromatic rings. The maximum atomic E-state index is 13.2. The van der Waals surface area contributed by atoms with Crippen LogP contribution in [0.2, 0.25) is 0 Å². The molecule has 1 amide bonds. The highest BCUT2D eigenvalue weighted by Crippen LogP contribution is 2.26. The van der Waals surface area contributed by atoms with Crippen LogP contribution in [-0.2, 0) is 0 Å². The van der Waals surface area contributed by atoms with Crippen LogP contribution < -0.4 is 4.74 Å². The molecule has 32 heavy (non-hydrogen) atoms. The summed E-state index contributed by atoms with van der Waals surface area (Å²) in [5.41, 5.74) is 2.37. The Morgan fingerprint density at radius 1 is 1.06 bits per heavy atom. The van der Waals surface area contributed by atoms with E-state index in [0.29, 0.717) is 11.7 Å². The summed E-state index contributed by atoms with van der Waals surface area (Å²) in [6.45, 7) is 3.60. The molecule has 5 rings (SSSR count). The number of aromatic amines is 1. The SMILES string of the molecule is O=C(c1cc(-c2ccc(F)cc2)c[nH]1)N1CCC(N2CCC(Oc3nccs3)CC2)CC1. The summed E-state index contributed by atoms with van der Waals surface area (Å²) in [6.07, 6.45) is 7.87. The van der Waals surface area contributed by atoms with Crippen molar-refractivity contribution in [3.63, 3.8) is 0 Å². The van der Waals surface area contributed by atoms with E-state index in [0.717, 1.165) is 68.2 Å². The Balaban J connectivity index is 1.11. The number of nitrogens with zero attached hydrogens (tertiary/aromatic N) is 3. The number of nitrogens with one attached hydrogen (secondary N) is 1. The molecule has 2 aliphatic rings. The topological polar surface area (TPSA) is 61.5 Å². The number of piperidine rings is 2. The lowest BCUT2D eigenvalue weighted by Crippen LogP contribution is -2.50. The third-order valence-corrected chi connectivity index (χ3v) is 7.17. The van der Waals surface area contributed by atoms with Gasteiger partial charge in [-0.15, -0.1) is 0 Å². The summed E-state index contributed by atoms with van der Waals surface area (Å²) in [7, 11) is 0. The first-order valence-electron chi connectivity index (χ1n) is 11.2. The monoisotopic (exact) mass is 454 g/mol. The van der Waals surface area contributed by atoms with Gasteiger partial charge in [0.15, 0.2) is 0 Å². The summed E-state index contributed by atoms with van der Waals surface area (Å²) in [5, 5.41) is 2.71. The van der Waals surface area contributed by atoms with E-state index >= 15 is 0 Å². The van der Waals surface area contributed by atoms with Crippen LogP contribution in [0.15, 0.2) is 48.1 Å². The Hall–Kier alpha value is -2.71. The molecular formula is C24H27FN4O2S. The van der Waals surface area contributed by atoms with Gasteiger partial charge in [0.1, 0.15) is 17.6 Å². The Bertz CT molecular complexity index is 1020. The normalized spacial score (nSPS) is 18.7. The highest BCUT2D eigenvalue weighted by molar-refractivity contribution is 7.11. The van der Waals surface area contributed by atoms with E-state index < -0.39 is 0 Å². The van der Waals surface area contributed by atoms with Gasteiger partial charge < -0.3 is 14.6 Å². The molecule has 8 heteroatoms. The van der Waals surface area contributed by atoms with Crippen molar-refractivity contribution in [2.24, 2.45) is 0 Å². The van der Waals surface area contributed by atoms with Crippen LogP contribution in [0.3, 0.4) is 0 Å². The number of ether oxygens (including phenoxy) is 1. The minimum absolute atomic E-state index is 0.0346. The minimum atomic E-state index is -0.264. The van der Waals surface area contributed by atoms with Crippen molar-refractivity contribution in [2.45, 2.75) is 37.8 Å². The summed E-state index contributed by atoms with van der Waals surface area (Å²) in [4.78, 5) is 24.8. The molecular weight excluding hydrogens is 427 g/mol. The first-order valence-corrected chi connectivity index (χ1v) is 12.1. The fourth-order valence-electron chi connectivity index (χ4n) is 4.70. The summed E-state index contributed by atoms with van der Waals surface area (Å²) >= 11 is 1.55. The number of likely N-dealkylation sites (tertiary alicyclic amines) is 2. The maximum Gasteiger partial charge on any atom is 0.273 e. The van der Waals surface area contributed by atoms with Crippen molar-refractivity contribution < 1.29 is 13.9 Å². The van der Waals surface area contributed by atoms with Gasteiger partial charge in [-0.3, -0.25) is 9.69 Å². The number of thiazole rings is 1. The van der Waals surface area contributed by atoms with Crippen molar-refractivity contribution >= 4 is 17.2 Å². The predicted molar refractivity (Wildman–Crippen MR) is 122 cm³/mol. The van der Waals surface area contributed by atoms with Gasteiger partial charge in [-0.2, -0.15) is 0 Å². The number of carbonyl (C=O) groups is 1. The van der Waals surface area contributed by atoms with Gasteiger partial charge in [-0.1, -0.05) is 23.5 Å². The molecule has 2 aliphatic heterocycles. The Morgan fingerprint density at radius 3 is 2.50 bits per heavy atom. The van der Waals surface area contributed by atoms with Crippen LogP contribution in [0, 0.1) is 5.82 Å². The molecule has 2 fully saturated rings. The molecule has 1 aromatic carbocycles. The molecule has 6 nitrogen and oxygen atoms in total. The van der Waals surface area contributed by atoms with Gasteiger partial charge in [0.05, 0.1) is 0 Å². The van der Waals surface area contributed by atoms with Crippen LogP contribution in [0.25, 0.3) is 11.1 Å². The number of aromatic nitrogens is 2. The molecule has 0 radical (unpaired) electrons. The first-order chi connectivity index (χ1) is 15.7. The Morgan fingerprint density at radius 2 is 1.81 bits per heavy atom. The number of hydrogen-bond acceptors (Lipinski definition) is 5. The number of rotatable bonds is 5. The number of halogens is 1. The third kappa shape index (κ3) is 4.71. The zero-order chi connectivity index (χ0) is 21.9. The Kier molecular flexibility index (Phi) is 6.23. The zero-order valence-electron chi connectivity index (χ0n) is 17.9. The van der Waals surface area contributed by atoms with Gasteiger partial charge in [-0.05, 0) is 55.0 Å². The lowest BCUT2D eigenvalue weighted by molar-refractivity contribution is 0.0422. The van der Waals surface area contributed by atoms with E-state index in [4.69, 9.17) is 4.74 Å². The molecule has 168 valence electrons. The van der Waals surface area contributed by atoms with Gasteiger partial charge in [0, 0.05) is 50.0 Å². The summed E-state index contributed by atoms with van der Waals surface area (Å²) < 4.78 is 19.1. The van der Waals surface area contributed by atoms with E-state index in [2.05, 4.69) is 14.9 Å². The zero-order valence-corrected chi connectivity index (χ0v) is 18.7. The highest BCUT2D eigenvalue weighted by atomic mass is 32.1. The highest BCUT2D eigenvalue weighted by Gasteiger charge is 2.31. The Labute approximate surface area is 191 Å². The molecule has 0 spiro atoms. The molecule has 2 aromatic heterocycles. The number of benzene rings is 1. The first kappa shape index (κ1) is 21.2. The van der Waals surface area contributed by atoms with Gasteiger partial charge in [0.25, 0.3) is 11.1 Å². The second-order valence-corrected chi connectivity index (χ2v) is 9.34. The second kappa shape index (κ2) is 9.42. The third-order valence-electron chi connectivity index (χ3n) is 6.51. The van der Waals surface area contributed by atoms with Crippen molar-refractivity contribution in [3.05, 3.63) is 59.6 Å². The minimum Gasteiger partial charge on any atom is -0.467 e. The van der Waals surface area contributed by atoms with Crippen molar-refractivity contribution in [3.8, 4) is 16.3 Å². The molecule has 4 heterocycles. The number of hydrogen-bond donors (Lipinski definition) is 1. The standard InChI is InChI=1S/C24H27FN4O2S/c25-19-3-1-17(2-4-19)18-15-22(27-16-18)23(30)29-10-5-20(6-11-29)28-12-7-21(8-13-28)31-24-26-9-14-32-24/h1-4,9,14-16,20-21,27H,5-8,10-13H2. The fourth-order valence-corrected chi connectivity index (χ4v) is 5.25. The number of H-pyrrole nitrogens is 1. The van der Waals surface area contributed by atoms with E-state index in [1.54, 1.807) is 29.7 Å². The predicted octanol–water partition coefficient (Wildman–Crippen LogP) is 4.43. The van der Waals surface area contributed by atoms with Gasteiger partial charge in [-0.25, -0.2) is 9.37 Å². The summed E-state index contributed by atoms with van der Waals surface area (Å²) in [6, 6.07) is 8.70. The van der Waals surface area contributed by atoms with Crippen LogP contribution in [0.5, 0.6) is 5.19 Å². The largest absolute Gasteiger partial charge is 0.467 e. The lowest BCUT2D eigenvalue weighted by atomic mass is 9.98. The van der Waals surface area contributed by atoms with Gasteiger partial charge >= 0.3 is 0 Å². The molecule has 0 saturated carbocycles. The van der Waals surface area contributed by atoms with Crippen LogP contribution in [0.4, 0.5) is 4.39 Å². The molecule has 2 saturated heterocycles. The van der Waals surface area contributed by atoms with E-state index in [1.165, 1.54) is 12.1 Å². The smallest absolute Gasteiger partial charge is 0.273 e. The average molecular weight is 455 g/mol. The summed E-state index contributed by atoms with van der Waals surface area (Å²) in [5.74, 6) is -0.230. The van der Waals surface area contributed by atoms with Crippen LogP contribution >= 0.6 is 11.3 Å². The molecule has 0 atom stereocenters. The lowest BCUT2D eigenvalue weighted by Gasteiger charge is -2.41. The van der Waals surface area contributed by atoms with E-state index in [-0.39, 0.29) is 17.8 Å². The van der Waals surface area contributed by atoms with E-state index in [9.17, 15) is 9.18 Å². The van der Waals surface area contributed by atoms with Gasteiger partial charge in [0.2, 0.25) is 0 Å². The van der Waals surface area contributed by atoms with Crippen LogP contribution in [-0.4, -0.2) is 64.0 Å². The molecule has 0 aliphatic carbocycles. The van der Waals surface area contributed by atoms with Crippen LogP contribution in [0.1, 0.15) is 36.2 Å². The quantitative estimate of drug-likeness (QED) is 0.620. The number of carbonyl (C=O) groups excluding carboxylic acids is 1. The average Bonchev–Trinajstić information content (AvgIpc) is 3.52. The van der Waals surface area contributed by atoms with Crippen molar-refractivity contribution in [2.75, 3.05) is 26.2 Å². The molecule has 0 bridgehead atoms. The van der Waals surface area contributed by atoms with Crippen molar-refractivity contribution in [1.29, 1.82) is 0 Å². The number of amides is 1. The second-order valence-electron chi connectivity index (χ2n) is 8.48. The van der Waals surface area contributed by atoms with Crippen molar-refractivity contribution in [1.82, 2.24) is 19.8 Å². The maximum absolute atomic E-state index is 13.2. The molecule has 1 N–H and O–H groups in total. The molecule has 0 unspecified atom stereocenters. The fraction of sp³-hybridized carbons (Fsp3) is 0.417. The van der Waals surface area contributed by atoms with E-state index in [1.807, 2.05) is 22.5 Å².